The van der Waals surface area contributed by atoms with Gasteiger partial charge in [0.15, 0.2) is 0 Å². The largest absolute Gasteiger partial charge is 0.288 e. The van der Waals surface area contributed by atoms with Crippen LogP contribution in [0.5, 0.6) is 0 Å². The Labute approximate surface area is 201 Å². The van der Waals surface area contributed by atoms with Crippen molar-refractivity contribution in [3.8, 4) is 0 Å². The van der Waals surface area contributed by atoms with Crippen molar-refractivity contribution in [2.75, 3.05) is 12.7 Å². The molecule has 0 saturated carbocycles. The fourth-order valence-corrected chi connectivity index (χ4v) is 9.35. The Bertz CT molecular complexity index is 1030. The van der Waals surface area contributed by atoms with E-state index in [2.05, 4.69) is 130 Å². The number of benzene rings is 4. The van der Waals surface area contributed by atoms with Gasteiger partial charge in [-0.2, -0.15) is 0 Å². The number of aryl methyl sites for hydroxylation is 4. The maximum Gasteiger partial charge on any atom is 0.0258 e. The van der Waals surface area contributed by atoms with Crippen molar-refractivity contribution in [1.29, 1.82) is 0 Å². The molecule has 0 unspecified atom stereocenters. The Morgan fingerprint density at radius 2 is 0.818 bits per heavy atom. The minimum atomic E-state index is -0.616. The smallest absolute Gasteiger partial charge is 0.0258 e. The first kappa shape index (κ1) is 23.8. The van der Waals surface area contributed by atoms with E-state index in [0.29, 0.717) is 0 Å². The van der Waals surface area contributed by atoms with Gasteiger partial charge in [0, 0.05) is 14.6 Å². The van der Waals surface area contributed by atoms with Gasteiger partial charge in [0.1, 0.15) is 0 Å². The molecule has 0 heterocycles. The Hall–Kier alpha value is -2.30. The molecule has 0 bridgehead atoms. The molecule has 0 aliphatic carbocycles. The Morgan fingerprint density at radius 1 is 0.485 bits per heavy atom. The Morgan fingerprint density at radius 3 is 1.18 bits per heavy atom. The third-order valence-corrected chi connectivity index (χ3v) is 11.5. The molecule has 0 atom stereocenters. The lowest BCUT2D eigenvalue weighted by molar-refractivity contribution is 1.03. The fraction of sp³-hybridized carbons (Fsp3) is 0.200. The van der Waals surface area contributed by atoms with Crippen LogP contribution in [0.25, 0.3) is 0 Å². The Balaban J connectivity index is 1.64. The van der Waals surface area contributed by atoms with Crippen LogP contribution in [-0.4, -0.2) is 12.7 Å². The minimum Gasteiger partial charge on any atom is -0.288 e. The zero-order chi connectivity index (χ0) is 23.2. The van der Waals surface area contributed by atoms with Gasteiger partial charge in [0.25, 0.3) is 0 Å². The highest BCUT2D eigenvalue weighted by atomic mass is 31.1. The molecule has 0 radical (unpaired) electrons. The predicted octanol–water partition coefficient (Wildman–Crippen LogP) is 5.99. The van der Waals surface area contributed by atoms with E-state index in [9.17, 15) is 0 Å². The van der Waals surface area contributed by atoms with E-state index in [1.165, 1.54) is 43.5 Å². The number of hydrogen-bond donors (Lipinski definition) is 1. The van der Waals surface area contributed by atoms with Crippen molar-refractivity contribution in [2.45, 2.75) is 27.7 Å². The van der Waals surface area contributed by atoms with E-state index in [0.717, 1.165) is 12.7 Å². The first-order valence-corrected chi connectivity index (χ1v) is 14.5. The van der Waals surface area contributed by atoms with E-state index in [1.807, 2.05) is 0 Å². The first-order valence-electron chi connectivity index (χ1n) is 11.6. The molecular weight excluding hydrogens is 436 g/mol. The second-order valence-electron chi connectivity index (χ2n) is 8.54. The number of nitrogens with one attached hydrogen (secondary N) is 1. The van der Waals surface area contributed by atoms with Gasteiger partial charge >= 0.3 is 0 Å². The van der Waals surface area contributed by atoms with Gasteiger partial charge in [-0.15, -0.1) is 0 Å². The van der Waals surface area contributed by atoms with Crippen LogP contribution >= 0.6 is 16.0 Å². The Kier molecular flexibility index (Phi) is 8.11. The average molecular weight is 470 g/mol. The lowest BCUT2D eigenvalue weighted by atomic mass is 10.2. The molecule has 0 spiro atoms. The van der Waals surface area contributed by atoms with Crippen LogP contribution in [0.1, 0.15) is 22.3 Å². The monoisotopic (exact) mass is 469 g/mol. The van der Waals surface area contributed by atoms with Crippen molar-refractivity contribution in [1.82, 2.24) is 5.09 Å². The summed E-state index contributed by atoms with van der Waals surface area (Å²) in [5.41, 5.74) is 5.51. The van der Waals surface area contributed by atoms with Crippen LogP contribution in [0.3, 0.4) is 0 Å². The van der Waals surface area contributed by atoms with Gasteiger partial charge in [0.05, 0.1) is 0 Å². The summed E-state index contributed by atoms with van der Waals surface area (Å²) in [5, 5.41) is 9.88. The van der Waals surface area contributed by atoms with Crippen LogP contribution in [0.4, 0.5) is 0 Å². The summed E-state index contributed by atoms with van der Waals surface area (Å²) in [6.07, 6.45) is 1.13. The maximum atomic E-state index is 4.02. The molecule has 0 aromatic heterocycles. The van der Waals surface area contributed by atoms with Gasteiger partial charge in [-0.05, 0) is 85.3 Å². The molecule has 0 amide bonds. The summed E-state index contributed by atoms with van der Waals surface area (Å²) in [7, 11) is -1.04. The highest BCUT2D eigenvalue weighted by Crippen LogP contribution is 2.37. The summed E-state index contributed by atoms with van der Waals surface area (Å²) < 4.78 is 0. The average Bonchev–Trinajstić information content (AvgIpc) is 2.82. The molecule has 0 fully saturated rings. The third kappa shape index (κ3) is 5.62. The standard InChI is InChI=1S/C30H33NP2/c1-23-13-5-9-17-27(23)32(28-18-10-6-14-24(28)2)22-21-31-33(29-19-11-7-15-25(29)3)30-20-12-8-16-26(30)4/h5-20,31H,21-22H2,1-4H3. The van der Waals surface area contributed by atoms with Gasteiger partial charge in [-0.25, -0.2) is 0 Å². The van der Waals surface area contributed by atoms with Crippen molar-refractivity contribution < 1.29 is 0 Å². The molecule has 4 rings (SSSR count). The minimum absolute atomic E-state index is 0.428. The quantitative estimate of drug-likeness (QED) is 0.313. The molecule has 168 valence electrons. The van der Waals surface area contributed by atoms with Crippen molar-refractivity contribution >= 4 is 37.2 Å². The summed E-state index contributed by atoms with van der Waals surface area (Å²) in [6, 6.07) is 35.5. The molecule has 1 N–H and O–H groups in total. The van der Waals surface area contributed by atoms with E-state index >= 15 is 0 Å². The lowest BCUT2D eigenvalue weighted by Gasteiger charge is -2.26. The van der Waals surface area contributed by atoms with Gasteiger partial charge in [-0.1, -0.05) is 97.1 Å². The molecular formula is C30H33NP2. The van der Waals surface area contributed by atoms with Gasteiger partial charge < -0.3 is 0 Å². The maximum absolute atomic E-state index is 4.02. The first-order chi connectivity index (χ1) is 16.1. The topological polar surface area (TPSA) is 12.0 Å². The zero-order valence-electron chi connectivity index (χ0n) is 20.0. The molecule has 0 saturated heterocycles. The van der Waals surface area contributed by atoms with Gasteiger partial charge in [-0.3, -0.25) is 5.09 Å². The summed E-state index contributed by atoms with van der Waals surface area (Å²) in [4.78, 5) is 0. The molecule has 3 heteroatoms. The molecule has 33 heavy (non-hydrogen) atoms. The number of rotatable bonds is 8. The fourth-order valence-electron chi connectivity index (χ4n) is 4.31. The number of hydrogen-bond acceptors (Lipinski definition) is 1. The van der Waals surface area contributed by atoms with Crippen LogP contribution < -0.4 is 26.3 Å². The molecule has 4 aromatic rings. The molecule has 4 aromatic carbocycles. The molecule has 0 aliphatic heterocycles. The van der Waals surface area contributed by atoms with Crippen LogP contribution in [0.15, 0.2) is 97.1 Å². The van der Waals surface area contributed by atoms with Gasteiger partial charge in [0.2, 0.25) is 0 Å². The van der Waals surface area contributed by atoms with Crippen molar-refractivity contribution in [2.24, 2.45) is 0 Å². The summed E-state index contributed by atoms with van der Waals surface area (Å²) >= 11 is 0. The van der Waals surface area contributed by atoms with E-state index in [-0.39, 0.29) is 0 Å². The predicted molar refractivity (Wildman–Crippen MR) is 150 cm³/mol. The molecule has 0 aliphatic rings. The zero-order valence-corrected chi connectivity index (χ0v) is 21.8. The van der Waals surface area contributed by atoms with Crippen molar-refractivity contribution in [3.63, 3.8) is 0 Å². The van der Waals surface area contributed by atoms with E-state index < -0.39 is 16.0 Å². The van der Waals surface area contributed by atoms with E-state index in [1.54, 1.807) is 0 Å². The van der Waals surface area contributed by atoms with E-state index in [4.69, 9.17) is 0 Å². The highest BCUT2D eigenvalue weighted by Gasteiger charge is 2.21. The second kappa shape index (κ2) is 11.2. The third-order valence-electron chi connectivity index (χ3n) is 6.13. The van der Waals surface area contributed by atoms with Crippen molar-refractivity contribution in [3.05, 3.63) is 119 Å². The lowest BCUT2D eigenvalue weighted by Crippen LogP contribution is -2.29. The highest BCUT2D eigenvalue weighted by molar-refractivity contribution is 7.73. The van der Waals surface area contributed by atoms with Crippen LogP contribution in [0, 0.1) is 27.7 Å². The second-order valence-corrected chi connectivity index (χ2v) is 12.8. The normalized spacial score (nSPS) is 11.3. The van der Waals surface area contributed by atoms with Crippen LogP contribution in [0.2, 0.25) is 0 Å². The van der Waals surface area contributed by atoms with Crippen LogP contribution in [-0.2, 0) is 0 Å². The SMILES string of the molecule is Cc1ccccc1P(CCNP(c1ccccc1C)c1ccccc1C)c1ccccc1C. The molecule has 1 nitrogen and oxygen atoms in total. The summed E-state index contributed by atoms with van der Waals surface area (Å²) in [5.74, 6) is 0. The summed E-state index contributed by atoms with van der Waals surface area (Å²) in [6.45, 7) is 9.97.